The smallest absolute Gasteiger partial charge is 0.0935 e. The van der Waals surface area contributed by atoms with Crippen LogP contribution in [0.4, 0.5) is 0 Å². The Morgan fingerprint density at radius 3 is 2.69 bits per heavy atom. The second-order valence-electron chi connectivity index (χ2n) is 5.97. The number of hydrogen-bond donors (Lipinski definition) is 1. The van der Waals surface area contributed by atoms with E-state index < -0.39 is 0 Å². The number of rotatable bonds is 3. The molecule has 3 aliphatic carbocycles. The molecule has 1 aromatic heterocycles. The highest BCUT2D eigenvalue weighted by atomic mass is 16.3. The first kappa shape index (κ1) is 9.29. The molecule has 0 saturated heterocycles. The predicted molar refractivity (Wildman–Crippen MR) is 59.7 cm³/mol. The molecular formula is C14H18O2. The summed E-state index contributed by atoms with van der Waals surface area (Å²) in [6.45, 7) is 0. The molecule has 1 heterocycles. The SMILES string of the molecule is OC(Cc1ccoc1)C1C2C3CCC(C3)C12. The molecule has 0 aromatic carbocycles. The Bertz CT molecular complexity index is 367. The van der Waals surface area contributed by atoms with E-state index in [1.54, 1.807) is 12.5 Å². The normalized spacial score (nSPS) is 45.7. The highest BCUT2D eigenvalue weighted by Crippen LogP contribution is 2.70. The zero-order valence-corrected chi connectivity index (χ0v) is 9.38. The van der Waals surface area contributed by atoms with Crippen LogP contribution in [-0.4, -0.2) is 11.2 Å². The molecule has 0 amide bonds. The third kappa shape index (κ3) is 1.17. The molecule has 3 aliphatic rings. The molecule has 5 unspecified atom stereocenters. The van der Waals surface area contributed by atoms with E-state index in [1.807, 2.05) is 6.07 Å². The summed E-state index contributed by atoms with van der Waals surface area (Å²) in [4.78, 5) is 0. The molecule has 16 heavy (non-hydrogen) atoms. The van der Waals surface area contributed by atoms with Crippen LogP contribution in [0.2, 0.25) is 0 Å². The Balaban J connectivity index is 1.45. The third-order valence-corrected chi connectivity index (χ3v) is 5.26. The van der Waals surface area contributed by atoms with Crippen molar-refractivity contribution in [1.82, 2.24) is 0 Å². The van der Waals surface area contributed by atoms with Crippen LogP contribution < -0.4 is 0 Å². The maximum Gasteiger partial charge on any atom is 0.0935 e. The van der Waals surface area contributed by atoms with E-state index in [9.17, 15) is 5.11 Å². The topological polar surface area (TPSA) is 33.4 Å². The molecule has 1 N–H and O–H groups in total. The molecule has 2 heteroatoms. The highest BCUT2D eigenvalue weighted by Gasteiger charge is 2.66. The summed E-state index contributed by atoms with van der Waals surface area (Å²) >= 11 is 0. The molecule has 3 fully saturated rings. The van der Waals surface area contributed by atoms with Crippen LogP contribution in [0.1, 0.15) is 24.8 Å². The van der Waals surface area contributed by atoms with Crippen LogP contribution in [-0.2, 0) is 6.42 Å². The lowest BCUT2D eigenvalue weighted by atomic mass is 9.96. The van der Waals surface area contributed by atoms with Crippen molar-refractivity contribution in [2.45, 2.75) is 31.8 Å². The Hall–Kier alpha value is -0.760. The van der Waals surface area contributed by atoms with Gasteiger partial charge < -0.3 is 9.52 Å². The maximum absolute atomic E-state index is 10.3. The summed E-state index contributed by atoms with van der Waals surface area (Å²) in [6, 6.07) is 1.97. The van der Waals surface area contributed by atoms with Gasteiger partial charge in [-0.15, -0.1) is 0 Å². The van der Waals surface area contributed by atoms with Crippen molar-refractivity contribution in [3.05, 3.63) is 24.2 Å². The molecule has 0 aliphatic heterocycles. The van der Waals surface area contributed by atoms with Crippen molar-refractivity contribution in [3.8, 4) is 0 Å². The summed E-state index contributed by atoms with van der Waals surface area (Å²) in [5.41, 5.74) is 1.14. The first-order valence-electron chi connectivity index (χ1n) is 6.54. The van der Waals surface area contributed by atoms with Gasteiger partial charge >= 0.3 is 0 Å². The van der Waals surface area contributed by atoms with Crippen LogP contribution in [0.3, 0.4) is 0 Å². The van der Waals surface area contributed by atoms with E-state index >= 15 is 0 Å². The van der Waals surface area contributed by atoms with Gasteiger partial charge in [0.1, 0.15) is 0 Å². The predicted octanol–water partition coefficient (Wildman–Crippen LogP) is 2.48. The number of fused-ring (bicyclic) bond motifs is 5. The van der Waals surface area contributed by atoms with Gasteiger partial charge in [0.05, 0.1) is 18.6 Å². The average Bonchev–Trinajstić information content (AvgIpc) is 2.73. The van der Waals surface area contributed by atoms with Crippen LogP contribution in [0.25, 0.3) is 0 Å². The second-order valence-corrected chi connectivity index (χ2v) is 5.97. The summed E-state index contributed by atoms with van der Waals surface area (Å²) < 4.78 is 5.05. The van der Waals surface area contributed by atoms with Crippen molar-refractivity contribution in [3.63, 3.8) is 0 Å². The zero-order chi connectivity index (χ0) is 10.7. The maximum atomic E-state index is 10.3. The molecule has 0 radical (unpaired) electrons. The quantitative estimate of drug-likeness (QED) is 0.845. The molecule has 3 saturated carbocycles. The van der Waals surface area contributed by atoms with Crippen LogP contribution >= 0.6 is 0 Å². The van der Waals surface area contributed by atoms with Gasteiger partial charge in [-0.2, -0.15) is 0 Å². The number of aliphatic hydroxyl groups is 1. The Labute approximate surface area is 95.7 Å². The summed E-state index contributed by atoms with van der Waals surface area (Å²) in [6.07, 6.45) is 8.44. The van der Waals surface area contributed by atoms with Crippen molar-refractivity contribution < 1.29 is 9.52 Å². The van der Waals surface area contributed by atoms with Crippen molar-refractivity contribution >= 4 is 0 Å². The van der Waals surface area contributed by atoms with Gasteiger partial charge in [0.2, 0.25) is 0 Å². The van der Waals surface area contributed by atoms with Crippen molar-refractivity contribution in [2.75, 3.05) is 0 Å². The van der Waals surface area contributed by atoms with Gasteiger partial charge in [-0.3, -0.25) is 0 Å². The molecule has 2 bridgehead atoms. The van der Waals surface area contributed by atoms with Gasteiger partial charge in [-0.25, -0.2) is 0 Å². The number of hydrogen-bond acceptors (Lipinski definition) is 2. The second kappa shape index (κ2) is 3.13. The van der Waals surface area contributed by atoms with E-state index in [2.05, 4.69) is 0 Å². The molecule has 2 nitrogen and oxygen atoms in total. The van der Waals surface area contributed by atoms with E-state index in [0.717, 1.165) is 35.7 Å². The summed E-state index contributed by atoms with van der Waals surface area (Å²) in [5.74, 6) is 4.28. The fourth-order valence-electron chi connectivity index (χ4n) is 4.69. The fraction of sp³-hybridized carbons (Fsp3) is 0.714. The number of aliphatic hydroxyl groups excluding tert-OH is 1. The first-order chi connectivity index (χ1) is 7.84. The van der Waals surface area contributed by atoms with Crippen LogP contribution in [0.5, 0.6) is 0 Å². The summed E-state index contributed by atoms with van der Waals surface area (Å²) in [5, 5.41) is 10.3. The van der Waals surface area contributed by atoms with E-state index in [1.165, 1.54) is 19.3 Å². The monoisotopic (exact) mass is 218 g/mol. The Morgan fingerprint density at radius 2 is 2.06 bits per heavy atom. The number of furan rings is 1. The molecule has 86 valence electrons. The average molecular weight is 218 g/mol. The van der Waals surface area contributed by atoms with Gasteiger partial charge in [0, 0.05) is 6.42 Å². The van der Waals surface area contributed by atoms with Crippen molar-refractivity contribution in [2.24, 2.45) is 29.6 Å². The third-order valence-electron chi connectivity index (χ3n) is 5.26. The van der Waals surface area contributed by atoms with Gasteiger partial charge in [0.25, 0.3) is 0 Å². The fourth-order valence-corrected chi connectivity index (χ4v) is 4.69. The van der Waals surface area contributed by atoms with Crippen LogP contribution in [0, 0.1) is 29.6 Å². The lowest BCUT2D eigenvalue weighted by Crippen LogP contribution is -2.18. The van der Waals surface area contributed by atoms with Crippen LogP contribution in [0.15, 0.2) is 23.0 Å². The highest BCUT2D eigenvalue weighted by molar-refractivity contribution is 5.17. The molecule has 5 atom stereocenters. The Morgan fingerprint density at radius 1 is 1.31 bits per heavy atom. The zero-order valence-electron chi connectivity index (χ0n) is 9.38. The Kier molecular flexibility index (Phi) is 1.82. The first-order valence-corrected chi connectivity index (χ1v) is 6.54. The minimum atomic E-state index is -0.129. The molecular weight excluding hydrogens is 200 g/mol. The lowest BCUT2D eigenvalue weighted by Gasteiger charge is -2.14. The molecule has 0 spiro atoms. The largest absolute Gasteiger partial charge is 0.472 e. The standard InChI is InChI=1S/C14H18O2/c15-11(5-8-3-4-16-7-8)14-12-9-1-2-10(6-9)13(12)14/h3-4,7,9-15H,1-2,5-6H2. The lowest BCUT2D eigenvalue weighted by molar-refractivity contribution is 0.128. The van der Waals surface area contributed by atoms with Gasteiger partial charge in [0.15, 0.2) is 0 Å². The van der Waals surface area contributed by atoms with E-state index in [4.69, 9.17) is 4.42 Å². The van der Waals surface area contributed by atoms with E-state index in [0.29, 0.717) is 5.92 Å². The van der Waals surface area contributed by atoms with Gasteiger partial charge in [-0.1, -0.05) is 0 Å². The van der Waals surface area contributed by atoms with Gasteiger partial charge in [-0.05, 0) is 60.5 Å². The van der Waals surface area contributed by atoms with Crippen molar-refractivity contribution in [1.29, 1.82) is 0 Å². The molecule has 4 rings (SSSR count). The summed E-state index contributed by atoms with van der Waals surface area (Å²) in [7, 11) is 0. The van der Waals surface area contributed by atoms with E-state index in [-0.39, 0.29) is 6.10 Å². The minimum Gasteiger partial charge on any atom is -0.472 e. The minimum absolute atomic E-state index is 0.129. The molecule has 1 aromatic rings.